The van der Waals surface area contributed by atoms with Gasteiger partial charge < -0.3 is 10.2 Å². The fourth-order valence-corrected chi connectivity index (χ4v) is 2.74. The molecular formula is C7H13NO5S. The Labute approximate surface area is 82.2 Å². The predicted octanol–water partition coefficient (Wildman–Crippen LogP) is -1.29. The van der Waals surface area contributed by atoms with Gasteiger partial charge in [-0.2, -0.15) is 0 Å². The SMILES string of the molecule is CC(C(=O)O)S(=O)(=O)N1CC(CO)C1. The lowest BCUT2D eigenvalue weighted by Gasteiger charge is -2.37. The topological polar surface area (TPSA) is 94.9 Å². The van der Waals surface area contributed by atoms with E-state index in [2.05, 4.69) is 0 Å². The van der Waals surface area contributed by atoms with Crippen molar-refractivity contribution >= 4 is 16.0 Å². The highest BCUT2D eigenvalue weighted by atomic mass is 32.2. The van der Waals surface area contributed by atoms with E-state index in [0.29, 0.717) is 0 Å². The molecule has 1 unspecified atom stereocenters. The predicted molar refractivity (Wildman–Crippen MR) is 48.2 cm³/mol. The molecule has 0 spiro atoms. The van der Waals surface area contributed by atoms with Gasteiger partial charge in [0, 0.05) is 25.6 Å². The summed E-state index contributed by atoms with van der Waals surface area (Å²) < 4.78 is 24.0. The van der Waals surface area contributed by atoms with Crippen LogP contribution in [0.15, 0.2) is 0 Å². The highest BCUT2D eigenvalue weighted by Gasteiger charge is 2.40. The Morgan fingerprint density at radius 2 is 2.07 bits per heavy atom. The van der Waals surface area contributed by atoms with E-state index in [4.69, 9.17) is 10.2 Å². The van der Waals surface area contributed by atoms with Crippen molar-refractivity contribution in [1.29, 1.82) is 0 Å². The second-order valence-electron chi connectivity index (χ2n) is 3.39. The van der Waals surface area contributed by atoms with Crippen LogP contribution in [0.3, 0.4) is 0 Å². The molecule has 1 atom stereocenters. The Morgan fingerprint density at radius 3 is 2.43 bits per heavy atom. The molecular weight excluding hydrogens is 210 g/mol. The van der Waals surface area contributed by atoms with Crippen molar-refractivity contribution in [2.24, 2.45) is 5.92 Å². The molecule has 1 saturated heterocycles. The van der Waals surface area contributed by atoms with Gasteiger partial charge in [-0.15, -0.1) is 0 Å². The van der Waals surface area contributed by atoms with Gasteiger partial charge in [0.1, 0.15) is 0 Å². The van der Waals surface area contributed by atoms with Crippen LogP contribution in [0, 0.1) is 5.92 Å². The summed E-state index contributed by atoms with van der Waals surface area (Å²) in [6, 6.07) is 0. The second-order valence-corrected chi connectivity index (χ2v) is 5.64. The molecule has 0 amide bonds. The van der Waals surface area contributed by atoms with E-state index in [1.165, 1.54) is 0 Å². The number of sulfonamides is 1. The molecule has 1 heterocycles. The first-order chi connectivity index (χ1) is 6.39. The molecule has 0 aliphatic carbocycles. The summed E-state index contributed by atoms with van der Waals surface area (Å²) in [5.41, 5.74) is 0. The minimum Gasteiger partial charge on any atom is -0.480 e. The maximum Gasteiger partial charge on any atom is 0.323 e. The summed E-state index contributed by atoms with van der Waals surface area (Å²) >= 11 is 0. The Balaban J connectivity index is 2.65. The van der Waals surface area contributed by atoms with Crippen molar-refractivity contribution in [2.45, 2.75) is 12.2 Å². The largest absolute Gasteiger partial charge is 0.480 e. The van der Waals surface area contributed by atoms with Gasteiger partial charge in [0.2, 0.25) is 10.0 Å². The van der Waals surface area contributed by atoms with Crippen LogP contribution in [-0.4, -0.2) is 53.9 Å². The van der Waals surface area contributed by atoms with Gasteiger partial charge in [-0.25, -0.2) is 12.7 Å². The Morgan fingerprint density at radius 1 is 1.57 bits per heavy atom. The number of carbonyl (C=O) groups is 1. The van der Waals surface area contributed by atoms with E-state index in [1.807, 2.05) is 0 Å². The lowest BCUT2D eigenvalue weighted by molar-refractivity contribution is -0.136. The van der Waals surface area contributed by atoms with Crippen LogP contribution in [0.1, 0.15) is 6.92 Å². The van der Waals surface area contributed by atoms with Crippen LogP contribution >= 0.6 is 0 Å². The fourth-order valence-electron chi connectivity index (χ4n) is 1.20. The van der Waals surface area contributed by atoms with Crippen molar-refractivity contribution in [3.8, 4) is 0 Å². The number of carboxylic acids is 1. The number of aliphatic carboxylic acids is 1. The zero-order valence-corrected chi connectivity index (χ0v) is 8.57. The number of hydrogen-bond acceptors (Lipinski definition) is 4. The average molecular weight is 223 g/mol. The number of hydrogen-bond donors (Lipinski definition) is 2. The summed E-state index contributed by atoms with van der Waals surface area (Å²) in [6.45, 7) is 1.52. The first-order valence-corrected chi connectivity index (χ1v) is 5.72. The van der Waals surface area contributed by atoms with Gasteiger partial charge in [-0.05, 0) is 6.92 Å². The minimum absolute atomic E-state index is 0.0502. The lowest BCUT2D eigenvalue weighted by atomic mass is 10.1. The minimum atomic E-state index is -3.72. The molecule has 2 N–H and O–H groups in total. The summed E-state index contributed by atoms with van der Waals surface area (Å²) in [5.74, 6) is -1.40. The molecule has 1 aliphatic rings. The third-order valence-electron chi connectivity index (χ3n) is 2.34. The third kappa shape index (κ3) is 1.89. The fraction of sp³-hybridized carbons (Fsp3) is 0.857. The van der Waals surface area contributed by atoms with Gasteiger partial charge in [0.15, 0.2) is 5.25 Å². The smallest absolute Gasteiger partial charge is 0.323 e. The van der Waals surface area contributed by atoms with E-state index in [9.17, 15) is 13.2 Å². The van der Waals surface area contributed by atoms with Crippen LogP contribution in [0.5, 0.6) is 0 Å². The molecule has 0 aromatic heterocycles. The monoisotopic (exact) mass is 223 g/mol. The summed E-state index contributed by atoms with van der Waals surface area (Å²) in [7, 11) is -3.72. The van der Waals surface area contributed by atoms with E-state index in [0.717, 1.165) is 11.2 Å². The molecule has 82 valence electrons. The molecule has 0 bridgehead atoms. The number of aliphatic hydroxyl groups is 1. The van der Waals surface area contributed by atoms with Crippen LogP contribution in [0.25, 0.3) is 0 Å². The van der Waals surface area contributed by atoms with E-state index in [1.54, 1.807) is 0 Å². The number of nitrogens with zero attached hydrogens (tertiary/aromatic N) is 1. The Hall–Kier alpha value is -0.660. The van der Waals surface area contributed by atoms with Crippen LogP contribution < -0.4 is 0 Å². The van der Waals surface area contributed by atoms with Crippen LogP contribution in [0.2, 0.25) is 0 Å². The normalized spacial score (nSPS) is 21.6. The molecule has 6 nitrogen and oxygen atoms in total. The number of rotatable bonds is 4. The summed E-state index contributed by atoms with van der Waals surface area (Å²) in [6.07, 6.45) is 0. The van der Waals surface area contributed by atoms with Gasteiger partial charge in [0.25, 0.3) is 0 Å². The maximum atomic E-state index is 11.5. The van der Waals surface area contributed by atoms with Crippen LogP contribution in [-0.2, 0) is 14.8 Å². The molecule has 0 aromatic carbocycles. The zero-order valence-electron chi connectivity index (χ0n) is 7.75. The molecule has 0 radical (unpaired) electrons. The summed E-state index contributed by atoms with van der Waals surface area (Å²) in [4.78, 5) is 10.5. The standard InChI is InChI=1S/C7H13NO5S/c1-5(7(10)11)14(12,13)8-2-6(3-8)4-9/h5-6,9H,2-4H2,1H3,(H,10,11). The number of carboxylic acid groups (broad SMARTS) is 1. The maximum absolute atomic E-state index is 11.5. The zero-order chi connectivity index (χ0) is 10.9. The third-order valence-corrected chi connectivity index (χ3v) is 4.45. The van der Waals surface area contributed by atoms with Crippen molar-refractivity contribution in [1.82, 2.24) is 4.31 Å². The van der Waals surface area contributed by atoms with E-state index >= 15 is 0 Å². The highest BCUT2D eigenvalue weighted by Crippen LogP contribution is 2.21. The van der Waals surface area contributed by atoms with Gasteiger partial charge in [-0.1, -0.05) is 0 Å². The second kappa shape index (κ2) is 3.84. The molecule has 7 heteroatoms. The quantitative estimate of drug-likeness (QED) is 0.618. The van der Waals surface area contributed by atoms with Crippen molar-refractivity contribution < 1.29 is 23.4 Å². The average Bonchev–Trinajstić information content (AvgIpc) is 2.00. The molecule has 1 aliphatic heterocycles. The van der Waals surface area contributed by atoms with Gasteiger partial charge >= 0.3 is 5.97 Å². The van der Waals surface area contributed by atoms with Crippen molar-refractivity contribution in [3.05, 3.63) is 0 Å². The van der Waals surface area contributed by atoms with Crippen LogP contribution in [0.4, 0.5) is 0 Å². The van der Waals surface area contributed by atoms with Gasteiger partial charge in [0.05, 0.1) is 0 Å². The van der Waals surface area contributed by atoms with E-state index < -0.39 is 21.2 Å². The molecule has 0 saturated carbocycles. The Bertz CT molecular complexity index is 319. The van der Waals surface area contributed by atoms with Gasteiger partial charge in [-0.3, -0.25) is 4.79 Å². The van der Waals surface area contributed by atoms with E-state index in [-0.39, 0.29) is 25.6 Å². The first-order valence-electron chi connectivity index (χ1n) is 4.22. The lowest BCUT2D eigenvalue weighted by Crippen LogP contribution is -2.54. The number of aliphatic hydroxyl groups excluding tert-OH is 1. The molecule has 0 aromatic rings. The van der Waals surface area contributed by atoms with Crippen molar-refractivity contribution in [3.63, 3.8) is 0 Å². The highest BCUT2D eigenvalue weighted by molar-refractivity contribution is 7.90. The first kappa shape index (κ1) is 11.4. The summed E-state index contributed by atoms with van der Waals surface area (Å²) in [5, 5.41) is 15.8. The molecule has 1 rings (SSSR count). The Kier molecular flexibility index (Phi) is 3.13. The molecule has 1 fully saturated rings. The van der Waals surface area contributed by atoms with Crippen molar-refractivity contribution in [2.75, 3.05) is 19.7 Å². The molecule has 14 heavy (non-hydrogen) atoms.